The molecule has 2 aliphatic heterocycles. The molecule has 2 aliphatic rings. The van der Waals surface area contributed by atoms with Crippen molar-refractivity contribution in [2.45, 2.75) is 65.9 Å². The van der Waals surface area contributed by atoms with E-state index >= 15 is 0 Å². The minimum absolute atomic E-state index is 0.475. The second-order valence-corrected chi connectivity index (χ2v) is 8.93. The molecule has 0 saturated carbocycles. The normalized spacial score (nSPS) is 31.2. The molecule has 0 amide bonds. The molecule has 0 unspecified atom stereocenters. The van der Waals surface area contributed by atoms with Crippen molar-refractivity contribution in [2.24, 2.45) is 17.3 Å². The lowest BCUT2D eigenvalue weighted by molar-refractivity contribution is -0.0790. The van der Waals surface area contributed by atoms with E-state index in [4.69, 9.17) is 4.74 Å². The van der Waals surface area contributed by atoms with Crippen molar-refractivity contribution < 1.29 is 4.74 Å². The molecule has 0 bridgehead atoms. The average molecular weight is 325 g/mol. The molecule has 0 aromatic carbocycles. The first-order chi connectivity index (χ1) is 10.9. The third-order valence-electron chi connectivity index (χ3n) is 6.15. The molecule has 3 heteroatoms. The van der Waals surface area contributed by atoms with Crippen LogP contribution in [0, 0.1) is 17.3 Å². The first-order valence-corrected chi connectivity index (χ1v) is 9.93. The van der Waals surface area contributed by atoms with Gasteiger partial charge in [-0.1, -0.05) is 34.1 Å². The average Bonchev–Trinajstić information content (AvgIpc) is 2.53. The largest absolute Gasteiger partial charge is 0.378 e. The zero-order valence-corrected chi connectivity index (χ0v) is 16.3. The van der Waals surface area contributed by atoms with Gasteiger partial charge in [0.2, 0.25) is 0 Å². The van der Waals surface area contributed by atoms with E-state index in [1.165, 1.54) is 64.8 Å². The molecule has 0 radical (unpaired) electrons. The summed E-state index contributed by atoms with van der Waals surface area (Å²) < 4.78 is 6.09. The lowest BCUT2D eigenvalue weighted by Crippen LogP contribution is -2.46. The highest BCUT2D eigenvalue weighted by Crippen LogP contribution is 2.43. The van der Waals surface area contributed by atoms with Gasteiger partial charge in [-0.25, -0.2) is 0 Å². The Kier molecular flexibility index (Phi) is 7.37. The fourth-order valence-corrected chi connectivity index (χ4v) is 4.08. The van der Waals surface area contributed by atoms with Crippen LogP contribution in [-0.4, -0.2) is 62.3 Å². The van der Waals surface area contributed by atoms with Gasteiger partial charge in [0.1, 0.15) is 0 Å². The summed E-state index contributed by atoms with van der Waals surface area (Å²) in [5.41, 5.74) is 0.529. The van der Waals surface area contributed by atoms with Gasteiger partial charge in [-0.3, -0.25) is 0 Å². The third-order valence-corrected chi connectivity index (χ3v) is 6.15. The molecule has 0 aromatic heterocycles. The van der Waals surface area contributed by atoms with E-state index in [2.05, 4.69) is 44.5 Å². The predicted octanol–water partition coefficient (Wildman–Crippen LogP) is 3.88. The van der Waals surface area contributed by atoms with E-state index in [1.54, 1.807) is 0 Å². The molecule has 0 aliphatic carbocycles. The number of piperazine rings is 1. The van der Waals surface area contributed by atoms with E-state index in [0.717, 1.165) is 12.5 Å². The van der Waals surface area contributed by atoms with Crippen LogP contribution in [0.3, 0.4) is 0 Å². The Morgan fingerprint density at radius 3 is 2.35 bits per heavy atom. The Morgan fingerprint density at radius 2 is 1.74 bits per heavy atom. The van der Waals surface area contributed by atoms with E-state index < -0.39 is 0 Å². The van der Waals surface area contributed by atoms with Gasteiger partial charge in [0.05, 0.1) is 6.10 Å². The minimum atomic E-state index is 0.475. The van der Waals surface area contributed by atoms with Crippen molar-refractivity contribution in [2.75, 3.05) is 46.4 Å². The lowest BCUT2D eigenvalue weighted by Gasteiger charge is -2.44. The van der Waals surface area contributed by atoms with Crippen LogP contribution in [0.25, 0.3) is 0 Å². The van der Waals surface area contributed by atoms with Crippen molar-refractivity contribution >= 4 is 0 Å². The predicted molar refractivity (Wildman–Crippen MR) is 98.9 cm³/mol. The van der Waals surface area contributed by atoms with Gasteiger partial charge in [-0.15, -0.1) is 0 Å². The summed E-state index contributed by atoms with van der Waals surface area (Å²) in [6.07, 6.45) is 7.17. The summed E-state index contributed by atoms with van der Waals surface area (Å²) in [6, 6.07) is 0. The molecule has 0 spiro atoms. The van der Waals surface area contributed by atoms with Gasteiger partial charge in [-0.2, -0.15) is 0 Å². The molecule has 2 heterocycles. The number of hydrogen-bond acceptors (Lipinski definition) is 3. The molecule has 2 rings (SSSR count). The standard InChI is InChI=1S/C20H40N2O/c1-17(2)6-7-20(9-15-23-19(16-20)18(3)4)8-10-22-13-11-21(5)12-14-22/h17-19H,6-16H2,1-5H3/t19-,20-/m1/s1. The zero-order valence-electron chi connectivity index (χ0n) is 16.3. The fraction of sp³-hybridized carbons (Fsp3) is 1.00. The first kappa shape index (κ1) is 19.2. The van der Waals surface area contributed by atoms with Crippen LogP contribution in [0.5, 0.6) is 0 Å². The number of hydrogen-bond donors (Lipinski definition) is 0. The van der Waals surface area contributed by atoms with Crippen molar-refractivity contribution in [1.82, 2.24) is 9.80 Å². The van der Waals surface area contributed by atoms with Gasteiger partial charge in [0.15, 0.2) is 0 Å². The van der Waals surface area contributed by atoms with Gasteiger partial charge >= 0.3 is 0 Å². The van der Waals surface area contributed by atoms with Crippen LogP contribution < -0.4 is 0 Å². The minimum Gasteiger partial charge on any atom is -0.378 e. The van der Waals surface area contributed by atoms with Gasteiger partial charge in [0, 0.05) is 32.8 Å². The molecule has 2 atom stereocenters. The molecule has 23 heavy (non-hydrogen) atoms. The zero-order chi connectivity index (χ0) is 16.9. The van der Waals surface area contributed by atoms with E-state index in [-0.39, 0.29) is 0 Å². The Labute approximate surface area is 144 Å². The SMILES string of the molecule is CC(C)CC[C@@]1(CCN2CCN(C)CC2)CCO[C@@H](C(C)C)C1. The summed E-state index contributed by atoms with van der Waals surface area (Å²) in [5, 5.41) is 0. The molecule has 2 fully saturated rings. The van der Waals surface area contributed by atoms with Crippen molar-refractivity contribution in [3.05, 3.63) is 0 Å². The van der Waals surface area contributed by atoms with Crippen molar-refractivity contribution in [1.29, 1.82) is 0 Å². The highest BCUT2D eigenvalue weighted by atomic mass is 16.5. The molecule has 136 valence electrons. The Hall–Kier alpha value is -0.120. The van der Waals surface area contributed by atoms with Crippen LogP contribution in [0.4, 0.5) is 0 Å². The van der Waals surface area contributed by atoms with Crippen LogP contribution in [0.1, 0.15) is 59.8 Å². The Bertz CT molecular complexity index is 337. The van der Waals surface area contributed by atoms with Crippen LogP contribution in [0.2, 0.25) is 0 Å². The number of rotatable bonds is 7. The van der Waals surface area contributed by atoms with Gasteiger partial charge in [0.25, 0.3) is 0 Å². The smallest absolute Gasteiger partial charge is 0.0603 e. The summed E-state index contributed by atoms with van der Waals surface area (Å²) >= 11 is 0. The molecule has 2 saturated heterocycles. The summed E-state index contributed by atoms with van der Waals surface area (Å²) in [5.74, 6) is 1.47. The maximum absolute atomic E-state index is 6.09. The van der Waals surface area contributed by atoms with Crippen molar-refractivity contribution in [3.63, 3.8) is 0 Å². The third kappa shape index (κ3) is 6.03. The summed E-state index contributed by atoms with van der Waals surface area (Å²) in [6.45, 7) is 16.6. The van der Waals surface area contributed by atoms with Crippen LogP contribution in [0.15, 0.2) is 0 Å². The fourth-order valence-electron chi connectivity index (χ4n) is 4.08. The Balaban J connectivity index is 1.93. The van der Waals surface area contributed by atoms with Gasteiger partial charge < -0.3 is 14.5 Å². The molecule has 0 aromatic rings. The molecular weight excluding hydrogens is 284 g/mol. The van der Waals surface area contributed by atoms with Gasteiger partial charge in [-0.05, 0) is 56.5 Å². The Morgan fingerprint density at radius 1 is 1.04 bits per heavy atom. The second kappa shape index (κ2) is 8.82. The van der Waals surface area contributed by atoms with E-state index in [9.17, 15) is 0 Å². The maximum Gasteiger partial charge on any atom is 0.0603 e. The number of likely N-dealkylation sites (N-methyl/N-ethyl adjacent to an activating group) is 1. The summed E-state index contributed by atoms with van der Waals surface area (Å²) in [7, 11) is 2.24. The maximum atomic E-state index is 6.09. The van der Waals surface area contributed by atoms with E-state index in [0.29, 0.717) is 17.4 Å². The van der Waals surface area contributed by atoms with Crippen LogP contribution >= 0.6 is 0 Å². The molecule has 0 N–H and O–H groups in total. The topological polar surface area (TPSA) is 15.7 Å². The summed E-state index contributed by atoms with van der Waals surface area (Å²) in [4.78, 5) is 5.14. The molecule has 3 nitrogen and oxygen atoms in total. The van der Waals surface area contributed by atoms with Crippen LogP contribution in [-0.2, 0) is 4.74 Å². The molecular formula is C20H40N2O. The number of ether oxygens (including phenoxy) is 1. The lowest BCUT2D eigenvalue weighted by atomic mass is 9.69. The van der Waals surface area contributed by atoms with E-state index in [1.807, 2.05) is 0 Å². The first-order valence-electron chi connectivity index (χ1n) is 9.93. The quantitative estimate of drug-likeness (QED) is 0.707. The number of nitrogens with zero attached hydrogens (tertiary/aromatic N) is 2. The highest BCUT2D eigenvalue weighted by Gasteiger charge is 2.38. The monoisotopic (exact) mass is 324 g/mol. The second-order valence-electron chi connectivity index (χ2n) is 8.93. The van der Waals surface area contributed by atoms with Crippen molar-refractivity contribution in [3.8, 4) is 0 Å². The highest BCUT2D eigenvalue weighted by molar-refractivity contribution is 4.88.